The zero-order chi connectivity index (χ0) is 27.6. The van der Waals surface area contributed by atoms with Crippen molar-refractivity contribution in [2.24, 2.45) is 5.41 Å². The van der Waals surface area contributed by atoms with Crippen molar-refractivity contribution in [3.63, 3.8) is 0 Å². The Bertz CT molecular complexity index is 1110. The lowest BCUT2D eigenvalue weighted by molar-refractivity contribution is 0.00578. The molecule has 1 heterocycles. The highest BCUT2D eigenvalue weighted by Crippen LogP contribution is 2.37. The molecule has 3 rings (SSSR count). The lowest BCUT2D eigenvalue weighted by Crippen LogP contribution is -2.41. The minimum atomic E-state index is -1.01. The first-order valence-electron chi connectivity index (χ1n) is 12.8. The van der Waals surface area contributed by atoms with Crippen molar-refractivity contribution < 1.29 is 23.6 Å². The van der Waals surface area contributed by atoms with Crippen molar-refractivity contribution in [3.8, 4) is 6.07 Å². The van der Waals surface area contributed by atoms with Crippen LogP contribution in [0.1, 0.15) is 84.4 Å². The van der Waals surface area contributed by atoms with Crippen molar-refractivity contribution in [3.05, 3.63) is 65.5 Å². The topological polar surface area (TPSA) is 82.8 Å². The van der Waals surface area contributed by atoms with Gasteiger partial charge in [0.2, 0.25) is 0 Å². The van der Waals surface area contributed by atoms with Crippen LogP contribution >= 0.6 is 0 Å². The molecular formula is C29H38BFN2O4. The minimum absolute atomic E-state index is 0.0879. The number of nitrogens with zero attached hydrogens (tertiary/aromatic N) is 2. The molecule has 0 aliphatic carbocycles. The highest BCUT2D eigenvalue weighted by molar-refractivity contribution is 6.62. The van der Waals surface area contributed by atoms with E-state index < -0.39 is 29.8 Å². The van der Waals surface area contributed by atoms with Crippen molar-refractivity contribution in [1.82, 2.24) is 4.90 Å². The summed E-state index contributed by atoms with van der Waals surface area (Å²) in [6, 6.07) is 15.9. The third kappa shape index (κ3) is 6.71. The zero-order valence-corrected chi connectivity index (χ0v) is 22.9. The van der Waals surface area contributed by atoms with Gasteiger partial charge in [0.25, 0.3) is 0 Å². The van der Waals surface area contributed by atoms with Gasteiger partial charge in [0.15, 0.2) is 0 Å². The number of nitriles is 1. The molecule has 198 valence electrons. The summed E-state index contributed by atoms with van der Waals surface area (Å²) in [7, 11) is -0.482. The number of carboxylic acid groups (broad SMARTS) is 1. The van der Waals surface area contributed by atoms with Crippen LogP contribution in [0, 0.1) is 22.6 Å². The van der Waals surface area contributed by atoms with E-state index >= 15 is 0 Å². The van der Waals surface area contributed by atoms with Gasteiger partial charge in [-0.2, -0.15) is 5.26 Å². The largest absolute Gasteiger partial charge is 0.494 e. The van der Waals surface area contributed by atoms with E-state index in [0.29, 0.717) is 12.8 Å². The average Bonchev–Trinajstić information content (AvgIpc) is 3.05. The Labute approximate surface area is 220 Å². The number of carbonyl (C=O) groups is 1. The Hall–Kier alpha value is -2.89. The van der Waals surface area contributed by atoms with Gasteiger partial charge in [-0.15, -0.1) is 0 Å². The molecule has 1 aliphatic heterocycles. The summed E-state index contributed by atoms with van der Waals surface area (Å²) in [5.74, 6) is -0.415. The van der Waals surface area contributed by atoms with E-state index in [4.69, 9.17) is 9.31 Å². The third-order valence-corrected chi connectivity index (χ3v) is 7.78. The molecule has 2 aromatic rings. The van der Waals surface area contributed by atoms with Crippen LogP contribution in [0.15, 0.2) is 48.5 Å². The maximum absolute atomic E-state index is 13.5. The van der Waals surface area contributed by atoms with Gasteiger partial charge in [0.1, 0.15) is 5.82 Å². The average molecular weight is 508 g/mol. The SMILES string of the molecule is C[C@@H](c1ccc(B2OC(C)(C)C(C)(C)O2)cc1)N(CC[C@H](CC(C)(C)C#N)c1ccc(F)cc1)C(=O)O. The van der Waals surface area contributed by atoms with Crippen LogP contribution in [0.3, 0.4) is 0 Å². The zero-order valence-electron chi connectivity index (χ0n) is 22.9. The van der Waals surface area contributed by atoms with E-state index in [9.17, 15) is 19.6 Å². The Morgan fingerprint density at radius 2 is 1.57 bits per heavy atom. The molecule has 0 radical (unpaired) electrons. The van der Waals surface area contributed by atoms with Gasteiger partial charge in [-0.05, 0) is 95.9 Å². The molecule has 2 aromatic carbocycles. The van der Waals surface area contributed by atoms with Gasteiger partial charge in [0, 0.05) is 6.54 Å². The number of hydrogen-bond donors (Lipinski definition) is 1. The Morgan fingerprint density at radius 1 is 1.05 bits per heavy atom. The predicted molar refractivity (Wildman–Crippen MR) is 143 cm³/mol. The van der Waals surface area contributed by atoms with Gasteiger partial charge in [-0.25, -0.2) is 9.18 Å². The van der Waals surface area contributed by atoms with Crippen LogP contribution in [-0.4, -0.2) is 41.0 Å². The fourth-order valence-corrected chi connectivity index (χ4v) is 4.62. The van der Waals surface area contributed by atoms with Crippen LogP contribution < -0.4 is 5.46 Å². The summed E-state index contributed by atoms with van der Waals surface area (Å²) in [6.07, 6.45) is 0.0408. The summed E-state index contributed by atoms with van der Waals surface area (Å²) < 4.78 is 25.8. The second kappa shape index (κ2) is 10.8. The summed E-state index contributed by atoms with van der Waals surface area (Å²) in [5.41, 5.74) is 1.16. The Balaban J connectivity index is 1.75. The molecular weight excluding hydrogens is 470 g/mol. The number of benzene rings is 2. The van der Waals surface area contributed by atoms with Crippen LogP contribution in [-0.2, 0) is 9.31 Å². The third-order valence-electron chi connectivity index (χ3n) is 7.78. The molecule has 1 amide bonds. The van der Waals surface area contributed by atoms with E-state index in [2.05, 4.69) is 6.07 Å². The molecule has 0 bridgehead atoms. The van der Waals surface area contributed by atoms with E-state index in [1.165, 1.54) is 17.0 Å². The number of halogens is 1. The molecule has 0 unspecified atom stereocenters. The predicted octanol–water partition coefficient (Wildman–Crippen LogP) is 6.28. The molecule has 8 heteroatoms. The Kier molecular flexibility index (Phi) is 8.41. The lowest BCUT2D eigenvalue weighted by atomic mass is 9.78. The molecule has 0 saturated carbocycles. The highest BCUT2D eigenvalue weighted by atomic mass is 19.1. The standard InChI is InChI=1S/C29H38BFN2O4/c1-20(21-8-12-24(13-9-21)30-36-28(4,5)29(6,7)37-30)33(26(34)35)17-16-23(18-27(2,3)19-32)22-10-14-25(31)15-11-22/h8-15,20,23H,16-18H2,1-7H3,(H,34,35)/t20-,23+/m0/s1. The maximum Gasteiger partial charge on any atom is 0.494 e. The molecule has 6 nitrogen and oxygen atoms in total. The fraction of sp³-hybridized carbons (Fsp3) is 0.517. The molecule has 1 saturated heterocycles. The van der Waals surface area contributed by atoms with Crippen LogP contribution in [0.2, 0.25) is 0 Å². The smallest absolute Gasteiger partial charge is 0.465 e. The van der Waals surface area contributed by atoms with E-state index in [0.717, 1.165) is 16.6 Å². The van der Waals surface area contributed by atoms with Gasteiger partial charge in [-0.1, -0.05) is 36.4 Å². The van der Waals surface area contributed by atoms with Crippen molar-refractivity contribution in [2.75, 3.05) is 6.54 Å². The van der Waals surface area contributed by atoms with Crippen molar-refractivity contribution in [2.45, 2.75) is 84.5 Å². The molecule has 1 aliphatic rings. The summed E-state index contributed by atoms with van der Waals surface area (Å²) >= 11 is 0. The van der Waals surface area contributed by atoms with Crippen molar-refractivity contribution >= 4 is 18.7 Å². The van der Waals surface area contributed by atoms with Crippen LogP contribution in [0.5, 0.6) is 0 Å². The van der Waals surface area contributed by atoms with Crippen LogP contribution in [0.4, 0.5) is 9.18 Å². The van der Waals surface area contributed by atoms with E-state index in [1.54, 1.807) is 12.1 Å². The van der Waals surface area contributed by atoms with E-state index in [-0.39, 0.29) is 24.3 Å². The Morgan fingerprint density at radius 3 is 2.05 bits per heavy atom. The second-order valence-corrected chi connectivity index (χ2v) is 11.6. The molecule has 0 aromatic heterocycles. The van der Waals surface area contributed by atoms with Gasteiger partial charge in [0.05, 0.1) is 28.7 Å². The maximum atomic E-state index is 13.5. The number of rotatable bonds is 9. The number of amides is 1. The van der Waals surface area contributed by atoms with Crippen LogP contribution in [0.25, 0.3) is 0 Å². The molecule has 0 spiro atoms. The monoisotopic (exact) mass is 508 g/mol. The van der Waals surface area contributed by atoms with Gasteiger partial charge in [-0.3, -0.25) is 0 Å². The van der Waals surface area contributed by atoms with Gasteiger partial charge >= 0.3 is 13.2 Å². The van der Waals surface area contributed by atoms with E-state index in [1.807, 2.05) is 72.7 Å². The normalized spacial score (nSPS) is 18.2. The molecule has 37 heavy (non-hydrogen) atoms. The summed E-state index contributed by atoms with van der Waals surface area (Å²) in [4.78, 5) is 13.7. The first-order chi connectivity index (χ1) is 17.2. The fourth-order valence-electron chi connectivity index (χ4n) is 4.62. The van der Waals surface area contributed by atoms with Gasteiger partial charge < -0.3 is 19.3 Å². The quantitative estimate of drug-likeness (QED) is 0.403. The number of hydrogen-bond acceptors (Lipinski definition) is 4. The summed E-state index contributed by atoms with van der Waals surface area (Å²) in [5, 5.41) is 19.6. The first-order valence-corrected chi connectivity index (χ1v) is 12.8. The lowest BCUT2D eigenvalue weighted by Gasteiger charge is -2.32. The molecule has 2 atom stereocenters. The molecule has 1 fully saturated rings. The summed E-state index contributed by atoms with van der Waals surface area (Å²) in [6.45, 7) is 13.9. The highest BCUT2D eigenvalue weighted by Gasteiger charge is 2.51. The molecule has 1 N–H and O–H groups in total. The first kappa shape index (κ1) is 28.7. The van der Waals surface area contributed by atoms with Crippen molar-refractivity contribution in [1.29, 1.82) is 5.26 Å². The minimum Gasteiger partial charge on any atom is -0.465 e. The second-order valence-electron chi connectivity index (χ2n) is 11.6.